The maximum atomic E-state index is 6.05. The number of rotatable bonds is 3. The van der Waals surface area contributed by atoms with Crippen molar-refractivity contribution in [3.05, 3.63) is 70.0 Å². The lowest BCUT2D eigenvalue weighted by atomic mass is 10.1. The minimum Gasteiger partial charge on any atom is -0.370 e. The maximum absolute atomic E-state index is 6.05. The second-order valence-electron chi connectivity index (χ2n) is 6.62. The topological polar surface area (TPSA) is 51.1 Å². The van der Waals surface area contributed by atoms with Crippen LogP contribution in [0.1, 0.15) is 22.9 Å². The van der Waals surface area contributed by atoms with Gasteiger partial charge in [0.1, 0.15) is 17.6 Å². The van der Waals surface area contributed by atoms with Crippen molar-refractivity contribution in [2.24, 2.45) is 0 Å². The molecule has 1 fully saturated rings. The van der Waals surface area contributed by atoms with Crippen LogP contribution in [0.25, 0.3) is 11.5 Å². The molecule has 6 heteroatoms. The van der Waals surface area contributed by atoms with Crippen LogP contribution in [0.5, 0.6) is 0 Å². The Morgan fingerprint density at radius 2 is 1.89 bits per heavy atom. The summed E-state index contributed by atoms with van der Waals surface area (Å²) in [6, 6.07) is 14.0. The van der Waals surface area contributed by atoms with Crippen molar-refractivity contribution in [2.75, 3.05) is 24.6 Å². The molecular weight excluding hydrogens is 404 g/mol. The summed E-state index contributed by atoms with van der Waals surface area (Å²) in [6.07, 6.45) is 1.77. The van der Waals surface area contributed by atoms with E-state index in [9.17, 15) is 0 Å². The van der Waals surface area contributed by atoms with Crippen molar-refractivity contribution in [1.29, 1.82) is 0 Å². The van der Waals surface area contributed by atoms with E-state index in [0.29, 0.717) is 12.4 Å². The number of hydrogen-bond acceptors (Lipinski definition) is 5. The Labute approximate surface area is 167 Å². The highest BCUT2D eigenvalue weighted by Gasteiger charge is 2.26. The first kappa shape index (κ1) is 18.1. The van der Waals surface area contributed by atoms with Crippen molar-refractivity contribution in [3.63, 3.8) is 0 Å². The Morgan fingerprint density at radius 1 is 1.07 bits per heavy atom. The molecule has 5 nitrogen and oxygen atoms in total. The molecule has 0 bridgehead atoms. The van der Waals surface area contributed by atoms with E-state index in [4.69, 9.17) is 9.72 Å². The van der Waals surface area contributed by atoms with Crippen molar-refractivity contribution in [2.45, 2.75) is 20.0 Å². The zero-order valence-corrected chi connectivity index (χ0v) is 17.0. The van der Waals surface area contributed by atoms with Crippen molar-refractivity contribution >= 4 is 21.7 Å². The van der Waals surface area contributed by atoms with Gasteiger partial charge in [0, 0.05) is 35.0 Å². The standard InChI is InChI=1S/C21H21BrN4O/c1-14-15(2)24-20(18-9-5-6-10-23-18)25-21(14)26-11-12-27-19(13-26)16-7-3-4-8-17(16)22/h3-10,19H,11-13H2,1-2H3. The molecule has 1 aliphatic rings. The van der Waals surface area contributed by atoms with Crippen LogP contribution in [-0.4, -0.2) is 34.6 Å². The van der Waals surface area contributed by atoms with Crippen LogP contribution in [0.15, 0.2) is 53.1 Å². The second kappa shape index (κ2) is 7.74. The molecule has 3 heterocycles. The summed E-state index contributed by atoms with van der Waals surface area (Å²) >= 11 is 3.64. The molecule has 0 amide bonds. The molecule has 0 radical (unpaired) electrons. The summed E-state index contributed by atoms with van der Waals surface area (Å²) < 4.78 is 7.13. The lowest BCUT2D eigenvalue weighted by Gasteiger charge is -2.35. The molecule has 3 aromatic rings. The molecule has 2 aromatic heterocycles. The van der Waals surface area contributed by atoms with Gasteiger partial charge in [-0.1, -0.05) is 40.2 Å². The zero-order valence-electron chi connectivity index (χ0n) is 15.4. The second-order valence-corrected chi connectivity index (χ2v) is 7.48. The van der Waals surface area contributed by atoms with E-state index in [-0.39, 0.29) is 6.10 Å². The number of aryl methyl sites for hydroxylation is 1. The minimum absolute atomic E-state index is 0.00213. The summed E-state index contributed by atoms with van der Waals surface area (Å²) in [5.41, 5.74) is 4.03. The third-order valence-corrected chi connectivity index (χ3v) is 5.60. The molecule has 1 atom stereocenters. The van der Waals surface area contributed by atoms with Crippen LogP contribution in [0.2, 0.25) is 0 Å². The van der Waals surface area contributed by atoms with Crippen LogP contribution < -0.4 is 4.90 Å². The lowest BCUT2D eigenvalue weighted by molar-refractivity contribution is 0.0390. The van der Waals surface area contributed by atoms with E-state index >= 15 is 0 Å². The number of benzene rings is 1. The normalized spacial score (nSPS) is 17.1. The molecular formula is C21H21BrN4O. The van der Waals surface area contributed by atoms with Gasteiger partial charge < -0.3 is 9.64 Å². The Hall–Kier alpha value is -2.31. The summed E-state index contributed by atoms with van der Waals surface area (Å²) in [5.74, 6) is 1.63. The van der Waals surface area contributed by atoms with Gasteiger partial charge in [0.15, 0.2) is 5.82 Å². The van der Waals surface area contributed by atoms with Gasteiger partial charge in [0.25, 0.3) is 0 Å². The van der Waals surface area contributed by atoms with Crippen LogP contribution in [0, 0.1) is 13.8 Å². The number of morpholine rings is 1. The molecule has 1 aromatic carbocycles. The van der Waals surface area contributed by atoms with E-state index in [0.717, 1.165) is 45.9 Å². The van der Waals surface area contributed by atoms with E-state index in [1.165, 1.54) is 0 Å². The number of hydrogen-bond donors (Lipinski definition) is 0. The van der Waals surface area contributed by atoms with E-state index in [1.54, 1.807) is 6.20 Å². The van der Waals surface area contributed by atoms with Gasteiger partial charge in [-0.15, -0.1) is 0 Å². The Morgan fingerprint density at radius 3 is 2.67 bits per heavy atom. The lowest BCUT2D eigenvalue weighted by Crippen LogP contribution is -2.39. The Bertz CT molecular complexity index is 948. The molecule has 0 aliphatic carbocycles. The van der Waals surface area contributed by atoms with Crippen LogP contribution >= 0.6 is 15.9 Å². The molecule has 138 valence electrons. The first-order valence-electron chi connectivity index (χ1n) is 9.01. The summed E-state index contributed by atoms with van der Waals surface area (Å²) in [5, 5.41) is 0. The predicted molar refractivity (Wildman–Crippen MR) is 110 cm³/mol. The summed E-state index contributed by atoms with van der Waals surface area (Å²) in [7, 11) is 0. The van der Waals surface area contributed by atoms with E-state index < -0.39 is 0 Å². The fraction of sp³-hybridized carbons (Fsp3) is 0.286. The largest absolute Gasteiger partial charge is 0.370 e. The number of anilines is 1. The zero-order chi connectivity index (χ0) is 18.8. The van der Waals surface area contributed by atoms with Crippen LogP contribution in [0.4, 0.5) is 5.82 Å². The molecule has 0 N–H and O–H groups in total. The molecule has 27 heavy (non-hydrogen) atoms. The smallest absolute Gasteiger partial charge is 0.180 e. The molecule has 1 unspecified atom stereocenters. The third-order valence-electron chi connectivity index (χ3n) is 4.88. The van der Waals surface area contributed by atoms with E-state index in [2.05, 4.69) is 49.9 Å². The molecule has 1 saturated heterocycles. The number of ether oxygens (including phenoxy) is 1. The Balaban J connectivity index is 1.68. The van der Waals surface area contributed by atoms with Gasteiger partial charge in [-0.05, 0) is 37.6 Å². The van der Waals surface area contributed by atoms with Gasteiger partial charge >= 0.3 is 0 Å². The molecule has 0 saturated carbocycles. The van der Waals surface area contributed by atoms with E-state index in [1.807, 2.05) is 37.3 Å². The van der Waals surface area contributed by atoms with Gasteiger partial charge in [0.2, 0.25) is 0 Å². The average Bonchev–Trinajstić information content (AvgIpc) is 2.71. The number of pyridine rings is 1. The predicted octanol–water partition coefficient (Wildman–Crippen LogP) is 4.50. The first-order valence-corrected chi connectivity index (χ1v) is 9.80. The molecule has 0 spiro atoms. The minimum atomic E-state index is 0.00213. The fourth-order valence-corrected chi connectivity index (χ4v) is 3.84. The van der Waals surface area contributed by atoms with Crippen molar-refractivity contribution < 1.29 is 4.74 Å². The van der Waals surface area contributed by atoms with Gasteiger partial charge in [-0.3, -0.25) is 4.98 Å². The van der Waals surface area contributed by atoms with Crippen LogP contribution in [0.3, 0.4) is 0 Å². The molecule has 1 aliphatic heterocycles. The number of aromatic nitrogens is 3. The monoisotopic (exact) mass is 424 g/mol. The van der Waals surface area contributed by atoms with Gasteiger partial charge in [-0.25, -0.2) is 9.97 Å². The maximum Gasteiger partial charge on any atom is 0.180 e. The average molecular weight is 425 g/mol. The summed E-state index contributed by atoms with van der Waals surface area (Å²) in [4.78, 5) is 16.2. The highest BCUT2D eigenvalue weighted by Crippen LogP contribution is 2.32. The Kier molecular flexibility index (Phi) is 5.18. The SMILES string of the molecule is Cc1nc(-c2ccccn2)nc(N2CCOC(c3ccccc3Br)C2)c1C. The van der Waals surface area contributed by atoms with Gasteiger partial charge in [-0.2, -0.15) is 0 Å². The number of halogens is 1. The third kappa shape index (κ3) is 3.73. The quantitative estimate of drug-likeness (QED) is 0.619. The van der Waals surface area contributed by atoms with Crippen LogP contribution in [-0.2, 0) is 4.74 Å². The van der Waals surface area contributed by atoms with Crippen molar-refractivity contribution in [3.8, 4) is 11.5 Å². The molecule has 4 rings (SSSR count). The summed E-state index contributed by atoms with van der Waals surface area (Å²) in [6.45, 7) is 6.32. The fourth-order valence-electron chi connectivity index (χ4n) is 3.30. The highest BCUT2D eigenvalue weighted by atomic mass is 79.9. The first-order chi connectivity index (χ1) is 13.1. The van der Waals surface area contributed by atoms with Crippen molar-refractivity contribution in [1.82, 2.24) is 15.0 Å². The highest BCUT2D eigenvalue weighted by molar-refractivity contribution is 9.10. The van der Waals surface area contributed by atoms with Gasteiger partial charge in [0.05, 0.1) is 6.61 Å². The number of nitrogens with zero attached hydrogens (tertiary/aromatic N) is 4.